The van der Waals surface area contributed by atoms with Crippen molar-refractivity contribution in [2.24, 2.45) is 0 Å². The Balaban J connectivity index is 1.49. The van der Waals surface area contributed by atoms with E-state index < -0.39 is 10.0 Å². The van der Waals surface area contributed by atoms with Crippen LogP contribution >= 0.6 is 0 Å². The van der Waals surface area contributed by atoms with Crippen molar-refractivity contribution in [3.8, 4) is 11.5 Å². The average molecular weight is 419 g/mol. The molecule has 1 aliphatic rings. The van der Waals surface area contributed by atoms with Crippen LogP contribution in [0.1, 0.15) is 32.6 Å². The summed E-state index contributed by atoms with van der Waals surface area (Å²) in [5.74, 6) is 0.847. The Morgan fingerprint density at radius 1 is 0.966 bits per heavy atom. The molecule has 0 saturated heterocycles. The summed E-state index contributed by atoms with van der Waals surface area (Å²) in [5.41, 5.74) is 0.640. The van der Waals surface area contributed by atoms with Gasteiger partial charge in [-0.05, 0) is 68.3 Å². The van der Waals surface area contributed by atoms with Crippen LogP contribution in [0.4, 0.5) is 5.69 Å². The summed E-state index contributed by atoms with van der Waals surface area (Å²) in [4.78, 5) is 12.2. The molecule has 8 heteroatoms. The number of anilines is 1. The van der Waals surface area contributed by atoms with Gasteiger partial charge in [0.25, 0.3) is 5.91 Å². The van der Waals surface area contributed by atoms with Crippen LogP contribution in [0, 0.1) is 0 Å². The van der Waals surface area contributed by atoms with E-state index in [1.807, 2.05) is 6.92 Å². The molecule has 0 unspecified atom stereocenters. The molecule has 1 saturated carbocycles. The third-order valence-corrected chi connectivity index (χ3v) is 6.17. The van der Waals surface area contributed by atoms with Crippen LogP contribution in [0.2, 0.25) is 0 Å². The molecule has 29 heavy (non-hydrogen) atoms. The van der Waals surface area contributed by atoms with Gasteiger partial charge in [-0.15, -0.1) is 0 Å². The molecule has 0 radical (unpaired) electrons. The Bertz CT molecular complexity index is 905. The molecule has 2 N–H and O–H groups in total. The van der Waals surface area contributed by atoms with Crippen molar-refractivity contribution in [2.75, 3.05) is 18.5 Å². The third-order valence-electron chi connectivity index (χ3n) is 4.63. The summed E-state index contributed by atoms with van der Waals surface area (Å²) in [6.07, 6.45) is 3.87. The van der Waals surface area contributed by atoms with E-state index in [0.717, 1.165) is 31.4 Å². The normalized spacial score (nSPS) is 14.5. The zero-order valence-corrected chi connectivity index (χ0v) is 17.2. The lowest BCUT2D eigenvalue weighted by Gasteiger charge is -2.13. The Morgan fingerprint density at radius 3 is 2.17 bits per heavy atom. The van der Waals surface area contributed by atoms with Crippen LogP contribution in [0.25, 0.3) is 0 Å². The predicted octanol–water partition coefficient (Wildman–Crippen LogP) is 3.32. The van der Waals surface area contributed by atoms with Crippen LogP contribution in [0.15, 0.2) is 53.4 Å². The summed E-state index contributed by atoms with van der Waals surface area (Å²) in [5, 5.41) is 2.73. The van der Waals surface area contributed by atoms with Gasteiger partial charge in [0.15, 0.2) is 6.61 Å². The fourth-order valence-electron chi connectivity index (χ4n) is 3.19. The molecule has 2 aromatic rings. The number of carbonyl (C=O) groups excluding carboxylic acids is 1. The van der Waals surface area contributed by atoms with Crippen molar-refractivity contribution in [2.45, 2.75) is 43.5 Å². The second-order valence-corrected chi connectivity index (χ2v) is 8.58. The summed E-state index contributed by atoms with van der Waals surface area (Å²) >= 11 is 0. The lowest BCUT2D eigenvalue weighted by molar-refractivity contribution is -0.118. The van der Waals surface area contributed by atoms with E-state index in [0.29, 0.717) is 18.0 Å². The van der Waals surface area contributed by atoms with Crippen LogP contribution in [-0.2, 0) is 14.8 Å². The van der Waals surface area contributed by atoms with Crippen LogP contribution in [0.5, 0.6) is 11.5 Å². The van der Waals surface area contributed by atoms with Gasteiger partial charge in [-0.1, -0.05) is 12.8 Å². The molecule has 0 heterocycles. The smallest absolute Gasteiger partial charge is 0.262 e. The van der Waals surface area contributed by atoms with E-state index in [2.05, 4.69) is 10.0 Å². The van der Waals surface area contributed by atoms with Crippen molar-refractivity contribution < 1.29 is 22.7 Å². The quantitative estimate of drug-likeness (QED) is 0.652. The second kappa shape index (κ2) is 9.76. The SMILES string of the molecule is CCOc1ccc(NC(=O)COc2ccc(S(=O)(=O)NC3CCCC3)cc2)cc1. The molecule has 0 aromatic heterocycles. The highest BCUT2D eigenvalue weighted by Gasteiger charge is 2.22. The second-order valence-electron chi connectivity index (χ2n) is 6.87. The minimum atomic E-state index is -3.54. The molecule has 7 nitrogen and oxygen atoms in total. The van der Waals surface area contributed by atoms with Crippen LogP contribution in [-0.4, -0.2) is 33.6 Å². The molecule has 1 amide bonds. The molecule has 0 bridgehead atoms. The number of hydrogen-bond acceptors (Lipinski definition) is 5. The molecular formula is C21H26N2O5S. The number of rotatable bonds is 9. The Labute approximate surface area is 171 Å². The zero-order chi connectivity index (χ0) is 20.7. The number of nitrogens with one attached hydrogen (secondary N) is 2. The van der Waals surface area contributed by atoms with E-state index in [9.17, 15) is 13.2 Å². The Kier molecular flexibility index (Phi) is 7.11. The maximum Gasteiger partial charge on any atom is 0.262 e. The van der Waals surface area contributed by atoms with Gasteiger partial charge in [-0.25, -0.2) is 13.1 Å². The number of carbonyl (C=O) groups is 1. The van der Waals surface area contributed by atoms with E-state index in [1.165, 1.54) is 12.1 Å². The molecular weight excluding hydrogens is 392 g/mol. The van der Waals surface area contributed by atoms with Crippen molar-refractivity contribution in [1.29, 1.82) is 0 Å². The van der Waals surface area contributed by atoms with Crippen molar-refractivity contribution in [1.82, 2.24) is 4.72 Å². The first-order chi connectivity index (χ1) is 14.0. The maximum atomic E-state index is 12.4. The van der Waals surface area contributed by atoms with Gasteiger partial charge in [-0.2, -0.15) is 0 Å². The molecule has 0 atom stereocenters. The van der Waals surface area contributed by atoms with E-state index >= 15 is 0 Å². The molecule has 1 fully saturated rings. The third kappa shape index (κ3) is 6.20. The first kappa shape index (κ1) is 21.1. The number of hydrogen-bond donors (Lipinski definition) is 2. The largest absolute Gasteiger partial charge is 0.494 e. The van der Waals surface area contributed by atoms with Gasteiger partial charge in [0, 0.05) is 11.7 Å². The molecule has 156 valence electrons. The van der Waals surface area contributed by atoms with Gasteiger partial charge in [0.1, 0.15) is 11.5 Å². The minimum Gasteiger partial charge on any atom is -0.494 e. The van der Waals surface area contributed by atoms with Gasteiger partial charge in [0.05, 0.1) is 11.5 Å². The predicted molar refractivity (Wildman–Crippen MR) is 111 cm³/mol. The van der Waals surface area contributed by atoms with Crippen molar-refractivity contribution in [3.05, 3.63) is 48.5 Å². The fraction of sp³-hybridized carbons (Fsp3) is 0.381. The molecule has 3 rings (SSSR count). The lowest BCUT2D eigenvalue weighted by Crippen LogP contribution is -2.32. The summed E-state index contributed by atoms with van der Waals surface area (Å²) in [6.45, 7) is 2.30. The Morgan fingerprint density at radius 2 is 1.55 bits per heavy atom. The van der Waals surface area contributed by atoms with Gasteiger partial charge < -0.3 is 14.8 Å². The summed E-state index contributed by atoms with van der Waals surface area (Å²) < 4.78 is 38.4. The highest BCUT2D eigenvalue weighted by Crippen LogP contribution is 2.22. The van der Waals surface area contributed by atoms with E-state index in [-0.39, 0.29) is 23.5 Å². The highest BCUT2D eigenvalue weighted by atomic mass is 32.2. The van der Waals surface area contributed by atoms with Crippen molar-refractivity contribution >= 4 is 21.6 Å². The van der Waals surface area contributed by atoms with Crippen LogP contribution in [0.3, 0.4) is 0 Å². The minimum absolute atomic E-state index is 0.0159. The molecule has 0 aliphatic heterocycles. The summed E-state index contributed by atoms with van der Waals surface area (Å²) in [7, 11) is -3.54. The number of sulfonamides is 1. The lowest BCUT2D eigenvalue weighted by atomic mass is 10.3. The topological polar surface area (TPSA) is 93.7 Å². The van der Waals surface area contributed by atoms with Gasteiger partial charge >= 0.3 is 0 Å². The standard InChI is InChI=1S/C21H26N2O5S/c1-2-27-18-9-7-16(8-10-18)22-21(24)15-28-19-11-13-20(14-12-19)29(25,26)23-17-5-3-4-6-17/h7-14,17,23H,2-6,15H2,1H3,(H,22,24). The van der Waals surface area contributed by atoms with E-state index in [1.54, 1.807) is 36.4 Å². The number of ether oxygens (including phenoxy) is 2. The monoisotopic (exact) mass is 418 g/mol. The molecule has 2 aromatic carbocycles. The maximum absolute atomic E-state index is 12.4. The zero-order valence-electron chi connectivity index (χ0n) is 16.4. The molecule has 1 aliphatic carbocycles. The van der Waals surface area contributed by atoms with Gasteiger partial charge in [0.2, 0.25) is 10.0 Å². The number of benzene rings is 2. The Hall–Kier alpha value is -2.58. The van der Waals surface area contributed by atoms with Crippen LogP contribution < -0.4 is 19.5 Å². The first-order valence-corrected chi connectivity index (χ1v) is 11.2. The molecule has 0 spiro atoms. The average Bonchev–Trinajstić information content (AvgIpc) is 3.21. The number of amides is 1. The van der Waals surface area contributed by atoms with E-state index in [4.69, 9.17) is 9.47 Å². The highest BCUT2D eigenvalue weighted by molar-refractivity contribution is 7.89. The van der Waals surface area contributed by atoms with Crippen molar-refractivity contribution in [3.63, 3.8) is 0 Å². The van der Waals surface area contributed by atoms with Gasteiger partial charge in [-0.3, -0.25) is 4.79 Å². The summed E-state index contributed by atoms with van der Waals surface area (Å²) in [6, 6.07) is 13.1. The fourth-order valence-corrected chi connectivity index (χ4v) is 4.50. The first-order valence-electron chi connectivity index (χ1n) is 9.74.